The third-order valence-electron chi connectivity index (χ3n) is 4.79. The van der Waals surface area contributed by atoms with Crippen molar-refractivity contribution in [3.8, 4) is 0 Å². The molecule has 1 aliphatic heterocycles. The van der Waals surface area contributed by atoms with Crippen LogP contribution in [0, 0.1) is 0 Å². The van der Waals surface area contributed by atoms with Crippen LogP contribution in [-0.2, 0) is 0 Å². The highest BCUT2D eigenvalue weighted by Gasteiger charge is 2.41. The highest BCUT2D eigenvalue weighted by molar-refractivity contribution is 5.56. The number of pyridine rings is 2. The molecule has 2 aromatic rings. The maximum atomic E-state index is 4.15. The molecule has 4 nitrogen and oxygen atoms in total. The average molecular weight is 280 g/mol. The van der Waals surface area contributed by atoms with Crippen LogP contribution < -0.4 is 9.80 Å². The van der Waals surface area contributed by atoms with Crippen LogP contribution in [0.25, 0.3) is 0 Å². The van der Waals surface area contributed by atoms with Gasteiger partial charge in [0.25, 0.3) is 0 Å². The van der Waals surface area contributed by atoms with Crippen molar-refractivity contribution in [2.75, 3.05) is 16.5 Å². The molecular formula is C17H20N4. The van der Waals surface area contributed by atoms with E-state index >= 15 is 0 Å². The van der Waals surface area contributed by atoms with E-state index in [0.717, 1.165) is 6.67 Å². The summed E-state index contributed by atoms with van der Waals surface area (Å²) in [4.78, 5) is 13.4. The zero-order valence-electron chi connectivity index (χ0n) is 12.1. The molecule has 4 heteroatoms. The molecule has 0 amide bonds. The van der Waals surface area contributed by atoms with Gasteiger partial charge in [-0.2, -0.15) is 0 Å². The highest BCUT2D eigenvalue weighted by Crippen LogP contribution is 2.38. The number of nitrogens with zero attached hydrogens (tertiary/aromatic N) is 4. The Morgan fingerprint density at radius 3 is 1.57 bits per heavy atom. The van der Waals surface area contributed by atoms with Crippen LogP contribution in [-0.4, -0.2) is 28.7 Å². The first-order valence-corrected chi connectivity index (χ1v) is 7.77. The van der Waals surface area contributed by atoms with Crippen LogP contribution in [0.2, 0.25) is 0 Å². The Hall–Kier alpha value is -2.10. The summed E-state index contributed by atoms with van der Waals surface area (Å²) < 4.78 is 0. The zero-order valence-corrected chi connectivity index (χ0v) is 12.1. The van der Waals surface area contributed by atoms with E-state index in [2.05, 4.69) is 44.0 Å². The molecule has 1 saturated heterocycles. The van der Waals surface area contributed by atoms with Crippen molar-refractivity contribution >= 4 is 11.4 Å². The first-order chi connectivity index (χ1) is 10.4. The first kappa shape index (κ1) is 12.6. The first-order valence-electron chi connectivity index (χ1n) is 7.77. The van der Waals surface area contributed by atoms with Crippen molar-refractivity contribution < 1.29 is 0 Å². The smallest absolute Gasteiger partial charge is 0.0910 e. The number of aromatic nitrogens is 2. The molecule has 0 bridgehead atoms. The monoisotopic (exact) mass is 280 g/mol. The maximum absolute atomic E-state index is 4.15. The lowest BCUT2D eigenvalue weighted by Crippen LogP contribution is -2.40. The molecule has 108 valence electrons. The van der Waals surface area contributed by atoms with Gasteiger partial charge in [-0.15, -0.1) is 0 Å². The molecule has 0 N–H and O–H groups in total. The van der Waals surface area contributed by atoms with E-state index in [0.29, 0.717) is 12.1 Å². The van der Waals surface area contributed by atoms with E-state index in [-0.39, 0.29) is 0 Å². The predicted octanol–water partition coefficient (Wildman–Crippen LogP) is 3.07. The summed E-state index contributed by atoms with van der Waals surface area (Å²) in [5.41, 5.74) is 2.58. The lowest BCUT2D eigenvalue weighted by Gasteiger charge is -2.33. The molecule has 21 heavy (non-hydrogen) atoms. The van der Waals surface area contributed by atoms with Crippen LogP contribution in [0.3, 0.4) is 0 Å². The van der Waals surface area contributed by atoms with Gasteiger partial charge >= 0.3 is 0 Å². The van der Waals surface area contributed by atoms with Gasteiger partial charge in [-0.05, 0) is 37.1 Å². The van der Waals surface area contributed by atoms with Gasteiger partial charge in [0.15, 0.2) is 0 Å². The lowest BCUT2D eigenvalue weighted by molar-refractivity contribution is 0.409. The average Bonchev–Trinajstić information content (AvgIpc) is 2.96. The summed E-state index contributed by atoms with van der Waals surface area (Å²) in [6.45, 7) is 0.962. The third-order valence-corrected chi connectivity index (χ3v) is 4.79. The van der Waals surface area contributed by atoms with Gasteiger partial charge in [0.1, 0.15) is 0 Å². The van der Waals surface area contributed by atoms with Crippen LogP contribution in [0.15, 0.2) is 49.1 Å². The molecular weight excluding hydrogens is 260 g/mol. The summed E-state index contributed by atoms with van der Waals surface area (Å²) in [5, 5.41) is 0. The van der Waals surface area contributed by atoms with Gasteiger partial charge < -0.3 is 9.80 Å². The van der Waals surface area contributed by atoms with Crippen molar-refractivity contribution in [2.24, 2.45) is 0 Å². The van der Waals surface area contributed by atoms with Crippen molar-refractivity contribution in [3.63, 3.8) is 0 Å². The van der Waals surface area contributed by atoms with Crippen molar-refractivity contribution in [3.05, 3.63) is 49.1 Å². The molecule has 2 aromatic heterocycles. The molecule has 2 aliphatic rings. The van der Waals surface area contributed by atoms with Gasteiger partial charge in [0.2, 0.25) is 0 Å². The zero-order chi connectivity index (χ0) is 14.1. The second-order valence-electron chi connectivity index (χ2n) is 5.91. The van der Waals surface area contributed by atoms with Gasteiger partial charge in [0, 0.05) is 36.2 Å². The molecule has 1 aliphatic carbocycles. The molecule has 0 spiro atoms. The Labute approximate surface area is 125 Å². The summed E-state index contributed by atoms with van der Waals surface area (Å²) in [6, 6.07) is 9.75. The molecule has 2 atom stereocenters. The fourth-order valence-corrected chi connectivity index (χ4v) is 3.81. The van der Waals surface area contributed by atoms with Gasteiger partial charge in [-0.25, -0.2) is 0 Å². The van der Waals surface area contributed by atoms with E-state index < -0.39 is 0 Å². The van der Waals surface area contributed by atoms with Crippen LogP contribution in [0.4, 0.5) is 11.4 Å². The second kappa shape index (κ2) is 5.35. The minimum Gasteiger partial charge on any atom is -0.349 e. The topological polar surface area (TPSA) is 32.3 Å². The van der Waals surface area contributed by atoms with E-state index in [1.807, 2.05) is 24.8 Å². The summed E-state index contributed by atoms with van der Waals surface area (Å²) in [5.74, 6) is 0. The minimum absolute atomic E-state index is 0.620. The highest BCUT2D eigenvalue weighted by atomic mass is 15.4. The number of fused-ring (bicyclic) bond motifs is 1. The molecule has 0 unspecified atom stereocenters. The standard InChI is InChI=1S/C17H20N4/c1-2-4-17-16(3-1)20(14-5-9-18-10-6-14)13-21(17)15-7-11-19-12-8-15/h5-12,16-17H,1-4,13H2/t16-,17-/m0/s1. The number of hydrogen-bond donors (Lipinski definition) is 0. The number of anilines is 2. The van der Waals surface area contributed by atoms with Crippen LogP contribution in [0.5, 0.6) is 0 Å². The lowest BCUT2D eigenvalue weighted by atomic mass is 9.90. The van der Waals surface area contributed by atoms with Crippen LogP contribution >= 0.6 is 0 Å². The quantitative estimate of drug-likeness (QED) is 0.846. The summed E-state index contributed by atoms with van der Waals surface area (Å²) >= 11 is 0. The Morgan fingerprint density at radius 2 is 1.14 bits per heavy atom. The fourth-order valence-electron chi connectivity index (χ4n) is 3.81. The van der Waals surface area contributed by atoms with Gasteiger partial charge in [-0.3, -0.25) is 9.97 Å². The predicted molar refractivity (Wildman–Crippen MR) is 84.3 cm³/mol. The number of rotatable bonds is 2. The van der Waals surface area contributed by atoms with Crippen LogP contribution in [0.1, 0.15) is 25.7 Å². The molecule has 0 radical (unpaired) electrons. The maximum Gasteiger partial charge on any atom is 0.0910 e. The second-order valence-corrected chi connectivity index (χ2v) is 5.91. The van der Waals surface area contributed by atoms with Gasteiger partial charge in [-0.1, -0.05) is 12.8 Å². The summed E-state index contributed by atoms with van der Waals surface area (Å²) in [7, 11) is 0. The van der Waals surface area contributed by atoms with Crippen molar-refractivity contribution in [1.29, 1.82) is 0 Å². The van der Waals surface area contributed by atoms with E-state index in [1.165, 1.54) is 37.1 Å². The van der Waals surface area contributed by atoms with Gasteiger partial charge in [0.05, 0.1) is 18.8 Å². The molecule has 0 aromatic carbocycles. The summed E-state index contributed by atoms with van der Waals surface area (Å²) in [6.07, 6.45) is 12.8. The Balaban J connectivity index is 1.68. The molecule has 1 saturated carbocycles. The Bertz CT molecular complexity index is 533. The molecule has 2 fully saturated rings. The Kier molecular flexibility index (Phi) is 3.22. The van der Waals surface area contributed by atoms with Crippen molar-refractivity contribution in [1.82, 2.24) is 9.97 Å². The molecule has 3 heterocycles. The van der Waals surface area contributed by atoms with E-state index in [4.69, 9.17) is 0 Å². The Morgan fingerprint density at radius 1 is 0.714 bits per heavy atom. The van der Waals surface area contributed by atoms with E-state index in [9.17, 15) is 0 Å². The SMILES string of the molecule is c1cc(N2CN(c3ccncc3)[C@H]3CCCC[C@@H]32)ccn1. The fraction of sp³-hybridized carbons (Fsp3) is 0.412. The largest absolute Gasteiger partial charge is 0.349 e. The molecule has 4 rings (SSSR count). The van der Waals surface area contributed by atoms with E-state index in [1.54, 1.807) is 0 Å². The minimum atomic E-state index is 0.620. The number of hydrogen-bond acceptors (Lipinski definition) is 4. The third kappa shape index (κ3) is 2.24. The normalized spacial score (nSPS) is 25.0. The van der Waals surface area contributed by atoms with Crippen molar-refractivity contribution in [2.45, 2.75) is 37.8 Å².